The number of carbonyl (C=O) groups excluding carboxylic acids is 1. The summed E-state index contributed by atoms with van der Waals surface area (Å²) in [5.41, 5.74) is 2.77. The predicted octanol–water partition coefficient (Wildman–Crippen LogP) is 4.03. The number of nitrogens with one attached hydrogen (secondary N) is 1. The number of benzene rings is 2. The van der Waals surface area contributed by atoms with Crippen molar-refractivity contribution in [2.75, 3.05) is 0 Å². The van der Waals surface area contributed by atoms with E-state index in [0.29, 0.717) is 18.7 Å². The molecular weight excluding hydrogens is 288 g/mol. The molecule has 0 bridgehead atoms. The van der Waals surface area contributed by atoms with Crippen LogP contribution >= 0.6 is 0 Å². The largest absolute Gasteiger partial charge is 0.441 e. The molecule has 0 spiro atoms. The van der Waals surface area contributed by atoms with Crippen molar-refractivity contribution in [1.29, 1.82) is 0 Å². The molecule has 4 heteroatoms. The van der Waals surface area contributed by atoms with Crippen molar-refractivity contribution in [2.24, 2.45) is 0 Å². The molecule has 0 saturated heterocycles. The molecule has 0 aliphatic heterocycles. The summed E-state index contributed by atoms with van der Waals surface area (Å²) in [5.74, 6) is 0.743. The highest BCUT2D eigenvalue weighted by molar-refractivity contribution is 5.76. The predicted molar refractivity (Wildman–Crippen MR) is 89.9 cm³/mol. The molecule has 23 heavy (non-hydrogen) atoms. The molecule has 1 amide bonds. The number of carbonyl (C=O) groups is 1. The van der Waals surface area contributed by atoms with Crippen molar-refractivity contribution < 1.29 is 9.21 Å². The fourth-order valence-corrected chi connectivity index (χ4v) is 2.57. The summed E-state index contributed by atoms with van der Waals surface area (Å²) >= 11 is 0. The van der Waals surface area contributed by atoms with Gasteiger partial charge in [0.05, 0.1) is 6.04 Å². The van der Waals surface area contributed by atoms with Gasteiger partial charge in [0.15, 0.2) is 11.5 Å². The Balaban J connectivity index is 1.47. The summed E-state index contributed by atoms with van der Waals surface area (Å²) in [6.07, 6.45) is 1.86. The molecule has 1 N–H and O–H groups in total. The molecule has 1 heterocycles. The zero-order valence-corrected chi connectivity index (χ0v) is 13.2. The monoisotopic (exact) mass is 308 g/mol. The third-order valence-corrected chi connectivity index (χ3v) is 3.81. The lowest BCUT2D eigenvalue weighted by Crippen LogP contribution is -2.26. The van der Waals surface area contributed by atoms with E-state index in [4.69, 9.17) is 4.42 Å². The van der Waals surface area contributed by atoms with E-state index in [9.17, 15) is 4.79 Å². The Morgan fingerprint density at radius 1 is 1.13 bits per heavy atom. The van der Waals surface area contributed by atoms with Crippen LogP contribution in [-0.4, -0.2) is 10.9 Å². The molecule has 1 atom stereocenters. The van der Waals surface area contributed by atoms with Gasteiger partial charge in [0.2, 0.25) is 5.91 Å². The summed E-state index contributed by atoms with van der Waals surface area (Å²) in [7, 11) is 0. The number of amides is 1. The van der Waals surface area contributed by atoms with Crippen LogP contribution in [0.15, 0.2) is 59.0 Å². The van der Waals surface area contributed by atoms with Gasteiger partial charge >= 0.3 is 0 Å². The van der Waals surface area contributed by atoms with E-state index in [0.717, 1.165) is 23.1 Å². The smallest absolute Gasteiger partial charge is 0.220 e. The van der Waals surface area contributed by atoms with Gasteiger partial charge in [-0.1, -0.05) is 42.5 Å². The van der Waals surface area contributed by atoms with Gasteiger partial charge in [-0.05, 0) is 31.0 Å². The first-order chi connectivity index (χ1) is 11.2. The zero-order chi connectivity index (χ0) is 16.1. The highest BCUT2D eigenvalue weighted by Gasteiger charge is 2.10. The first-order valence-corrected chi connectivity index (χ1v) is 7.91. The van der Waals surface area contributed by atoms with E-state index in [1.165, 1.54) is 0 Å². The van der Waals surface area contributed by atoms with Crippen LogP contribution in [0.1, 0.15) is 37.3 Å². The van der Waals surface area contributed by atoms with Crippen LogP contribution in [-0.2, 0) is 11.2 Å². The average Bonchev–Trinajstić information content (AvgIpc) is 2.98. The van der Waals surface area contributed by atoms with Gasteiger partial charge in [-0.25, -0.2) is 4.98 Å². The quantitative estimate of drug-likeness (QED) is 0.748. The molecule has 0 unspecified atom stereocenters. The number of nitrogens with zero attached hydrogens (tertiary/aromatic N) is 1. The Kier molecular flexibility index (Phi) is 4.71. The minimum atomic E-state index is 0.0213. The second kappa shape index (κ2) is 7.09. The van der Waals surface area contributed by atoms with Crippen molar-refractivity contribution >= 4 is 17.0 Å². The molecule has 118 valence electrons. The molecule has 3 rings (SSSR count). The first-order valence-electron chi connectivity index (χ1n) is 7.91. The Morgan fingerprint density at radius 3 is 2.65 bits per heavy atom. The normalized spacial score (nSPS) is 12.2. The van der Waals surface area contributed by atoms with Crippen molar-refractivity contribution in [1.82, 2.24) is 10.3 Å². The summed E-state index contributed by atoms with van der Waals surface area (Å²) < 4.78 is 5.66. The number of fused-ring (bicyclic) bond motifs is 1. The SMILES string of the molecule is C[C@@H](NC(=O)CCCc1nc2ccccc2o1)c1ccccc1. The Labute approximate surface area is 135 Å². The van der Waals surface area contributed by atoms with Gasteiger partial charge in [-0.15, -0.1) is 0 Å². The van der Waals surface area contributed by atoms with Crippen LogP contribution in [0.2, 0.25) is 0 Å². The standard InChI is InChI=1S/C19H20N2O2/c1-14(15-8-3-2-4-9-15)20-18(22)12-7-13-19-21-16-10-5-6-11-17(16)23-19/h2-6,8-11,14H,7,12-13H2,1H3,(H,20,22)/t14-/m1/s1. The van der Waals surface area contributed by atoms with Crippen LogP contribution < -0.4 is 5.32 Å². The number of hydrogen-bond acceptors (Lipinski definition) is 3. The third kappa shape index (κ3) is 3.97. The Morgan fingerprint density at radius 2 is 1.87 bits per heavy atom. The maximum absolute atomic E-state index is 12.0. The average molecular weight is 308 g/mol. The number of aromatic nitrogens is 1. The fourth-order valence-electron chi connectivity index (χ4n) is 2.57. The van der Waals surface area contributed by atoms with Gasteiger partial charge in [0.25, 0.3) is 0 Å². The third-order valence-electron chi connectivity index (χ3n) is 3.81. The highest BCUT2D eigenvalue weighted by atomic mass is 16.3. The summed E-state index contributed by atoms with van der Waals surface area (Å²) in [6.45, 7) is 1.99. The lowest BCUT2D eigenvalue weighted by molar-refractivity contribution is -0.121. The van der Waals surface area contributed by atoms with Crippen LogP contribution in [0, 0.1) is 0 Å². The Bertz CT molecular complexity index is 747. The molecular formula is C19H20N2O2. The molecule has 0 aliphatic carbocycles. The van der Waals surface area contributed by atoms with Gasteiger partial charge in [0.1, 0.15) is 5.52 Å². The highest BCUT2D eigenvalue weighted by Crippen LogP contribution is 2.16. The topological polar surface area (TPSA) is 55.1 Å². The lowest BCUT2D eigenvalue weighted by atomic mass is 10.1. The van der Waals surface area contributed by atoms with Crippen molar-refractivity contribution in [3.8, 4) is 0 Å². The van der Waals surface area contributed by atoms with Gasteiger partial charge in [-0.3, -0.25) is 4.79 Å². The second-order valence-electron chi connectivity index (χ2n) is 5.63. The molecule has 0 radical (unpaired) electrons. The molecule has 2 aromatic carbocycles. The minimum Gasteiger partial charge on any atom is -0.441 e. The molecule has 1 aromatic heterocycles. The molecule has 4 nitrogen and oxygen atoms in total. The van der Waals surface area contributed by atoms with Gasteiger partial charge < -0.3 is 9.73 Å². The number of para-hydroxylation sites is 2. The molecule has 3 aromatic rings. The van der Waals surface area contributed by atoms with E-state index in [-0.39, 0.29) is 11.9 Å². The number of hydrogen-bond donors (Lipinski definition) is 1. The second-order valence-corrected chi connectivity index (χ2v) is 5.63. The maximum Gasteiger partial charge on any atom is 0.220 e. The minimum absolute atomic E-state index is 0.0213. The lowest BCUT2D eigenvalue weighted by Gasteiger charge is -2.13. The maximum atomic E-state index is 12.0. The van der Waals surface area contributed by atoms with Crippen LogP contribution in [0.4, 0.5) is 0 Å². The van der Waals surface area contributed by atoms with E-state index in [1.54, 1.807) is 0 Å². The summed E-state index contributed by atoms with van der Waals surface area (Å²) in [6, 6.07) is 17.7. The molecule has 0 aliphatic rings. The van der Waals surface area contributed by atoms with Crippen molar-refractivity contribution in [3.63, 3.8) is 0 Å². The molecule has 0 fully saturated rings. The van der Waals surface area contributed by atoms with Crippen LogP contribution in [0.3, 0.4) is 0 Å². The van der Waals surface area contributed by atoms with E-state index in [2.05, 4.69) is 10.3 Å². The van der Waals surface area contributed by atoms with Crippen molar-refractivity contribution in [2.45, 2.75) is 32.2 Å². The van der Waals surface area contributed by atoms with E-state index >= 15 is 0 Å². The summed E-state index contributed by atoms with van der Waals surface area (Å²) in [4.78, 5) is 16.4. The zero-order valence-electron chi connectivity index (χ0n) is 13.2. The first kappa shape index (κ1) is 15.3. The van der Waals surface area contributed by atoms with Crippen LogP contribution in [0.5, 0.6) is 0 Å². The Hall–Kier alpha value is -2.62. The molecule has 0 saturated carbocycles. The fraction of sp³-hybridized carbons (Fsp3) is 0.263. The van der Waals surface area contributed by atoms with Gasteiger partial charge in [-0.2, -0.15) is 0 Å². The summed E-state index contributed by atoms with van der Waals surface area (Å²) in [5, 5.41) is 3.02. The van der Waals surface area contributed by atoms with Crippen LogP contribution in [0.25, 0.3) is 11.1 Å². The van der Waals surface area contributed by atoms with Crippen molar-refractivity contribution in [3.05, 3.63) is 66.1 Å². The van der Waals surface area contributed by atoms with E-state index in [1.807, 2.05) is 61.5 Å². The van der Waals surface area contributed by atoms with Gasteiger partial charge in [0, 0.05) is 12.8 Å². The van der Waals surface area contributed by atoms with E-state index < -0.39 is 0 Å². The number of aryl methyl sites for hydroxylation is 1. The number of rotatable bonds is 6. The number of oxazole rings is 1.